The second-order valence-corrected chi connectivity index (χ2v) is 5.15. The third kappa shape index (κ3) is 1.14. The van der Waals surface area contributed by atoms with Gasteiger partial charge in [-0.2, -0.15) is 0 Å². The molecular formula is C13H16O3. The van der Waals surface area contributed by atoms with Gasteiger partial charge in [0.2, 0.25) is 0 Å². The summed E-state index contributed by atoms with van der Waals surface area (Å²) >= 11 is 0. The van der Waals surface area contributed by atoms with Gasteiger partial charge in [0.1, 0.15) is 5.78 Å². The summed E-state index contributed by atoms with van der Waals surface area (Å²) in [6, 6.07) is 0. The number of carbonyl (C=O) groups is 2. The molecule has 0 amide bonds. The summed E-state index contributed by atoms with van der Waals surface area (Å²) in [5.74, 6) is 1.20. The summed E-state index contributed by atoms with van der Waals surface area (Å²) in [7, 11) is 1.45. The second-order valence-electron chi connectivity index (χ2n) is 5.15. The lowest BCUT2D eigenvalue weighted by Crippen LogP contribution is -2.26. The molecule has 0 bridgehead atoms. The number of methoxy groups -OCH3 is 1. The number of esters is 1. The summed E-state index contributed by atoms with van der Waals surface area (Å²) in [5.41, 5.74) is 0. The number of carbonyl (C=O) groups excluding carboxylic acids is 2. The number of rotatable bonds is 1. The zero-order chi connectivity index (χ0) is 11.3. The van der Waals surface area contributed by atoms with E-state index in [1.54, 1.807) is 0 Å². The van der Waals surface area contributed by atoms with Crippen LogP contribution in [0.3, 0.4) is 0 Å². The van der Waals surface area contributed by atoms with Crippen molar-refractivity contribution in [2.45, 2.75) is 19.3 Å². The molecule has 3 rings (SSSR count). The second kappa shape index (κ2) is 3.44. The topological polar surface area (TPSA) is 43.4 Å². The smallest absolute Gasteiger partial charge is 0.309 e. The van der Waals surface area contributed by atoms with E-state index in [0.717, 1.165) is 12.8 Å². The van der Waals surface area contributed by atoms with Crippen molar-refractivity contribution in [3.8, 4) is 0 Å². The predicted molar refractivity (Wildman–Crippen MR) is 57.5 cm³/mol. The van der Waals surface area contributed by atoms with E-state index in [0.29, 0.717) is 24.0 Å². The Kier molecular flexibility index (Phi) is 2.16. The molecule has 5 atom stereocenters. The summed E-state index contributed by atoms with van der Waals surface area (Å²) in [4.78, 5) is 23.7. The molecule has 0 aromatic carbocycles. The van der Waals surface area contributed by atoms with Crippen LogP contribution >= 0.6 is 0 Å². The van der Waals surface area contributed by atoms with Crippen LogP contribution in [0.15, 0.2) is 12.2 Å². The average molecular weight is 220 g/mol. The molecule has 0 aromatic rings. The fourth-order valence-corrected chi connectivity index (χ4v) is 4.06. The van der Waals surface area contributed by atoms with Crippen LogP contribution in [-0.4, -0.2) is 18.9 Å². The van der Waals surface area contributed by atoms with Gasteiger partial charge in [-0.1, -0.05) is 12.2 Å². The van der Waals surface area contributed by atoms with Crippen molar-refractivity contribution in [3.05, 3.63) is 12.2 Å². The van der Waals surface area contributed by atoms with Gasteiger partial charge in [-0.25, -0.2) is 0 Å². The maximum atomic E-state index is 11.9. The summed E-state index contributed by atoms with van der Waals surface area (Å²) in [6.07, 6.45) is 6.73. The number of allylic oxidation sites excluding steroid dienone is 2. The van der Waals surface area contributed by atoms with E-state index in [4.69, 9.17) is 4.74 Å². The van der Waals surface area contributed by atoms with Crippen molar-refractivity contribution in [1.29, 1.82) is 0 Å². The molecule has 3 aliphatic rings. The van der Waals surface area contributed by atoms with Gasteiger partial charge in [-0.15, -0.1) is 0 Å². The Hall–Kier alpha value is -1.12. The van der Waals surface area contributed by atoms with E-state index >= 15 is 0 Å². The van der Waals surface area contributed by atoms with E-state index < -0.39 is 0 Å². The normalized spacial score (nSPS) is 44.6. The molecule has 0 heterocycles. The largest absolute Gasteiger partial charge is 0.469 e. The first kappa shape index (κ1) is 10.1. The van der Waals surface area contributed by atoms with E-state index in [2.05, 4.69) is 12.2 Å². The Labute approximate surface area is 94.8 Å². The summed E-state index contributed by atoms with van der Waals surface area (Å²) in [6.45, 7) is 0. The van der Waals surface area contributed by atoms with Gasteiger partial charge < -0.3 is 4.74 Å². The van der Waals surface area contributed by atoms with Crippen LogP contribution in [0, 0.1) is 29.6 Å². The fourth-order valence-electron chi connectivity index (χ4n) is 4.06. The third-order valence-electron chi connectivity index (χ3n) is 4.63. The number of hydrogen-bond acceptors (Lipinski definition) is 3. The number of fused-ring (bicyclic) bond motifs is 3. The highest BCUT2D eigenvalue weighted by molar-refractivity contribution is 5.87. The van der Waals surface area contributed by atoms with Crippen LogP contribution in [0.2, 0.25) is 0 Å². The molecule has 0 aromatic heterocycles. The van der Waals surface area contributed by atoms with Crippen LogP contribution in [0.25, 0.3) is 0 Å². The number of ketones is 1. The summed E-state index contributed by atoms with van der Waals surface area (Å²) < 4.78 is 4.91. The highest BCUT2D eigenvalue weighted by atomic mass is 16.5. The number of hydrogen-bond donors (Lipinski definition) is 0. The van der Waals surface area contributed by atoms with Gasteiger partial charge in [-0.05, 0) is 30.6 Å². The number of Topliss-reactive ketones (excluding diaryl/α,β-unsaturated/α-hetero) is 1. The zero-order valence-corrected chi connectivity index (χ0v) is 9.39. The van der Waals surface area contributed by atoms with Crippen molar-refractivity contribution in [3.63, 3.8) is 0 Å². The lowest BCUT2D eigenvalue weighted by Gasteiger charge is -2.19. The number of ether oxygens (including phenoxy) is 1. The molecule has 0 radical (unpaired) electrons. The molecule has 16 heavy (non-hydrogen) atoms. The molecule has 3 aliphatic carbocycles. The van der Waals surface area contributed by atoms with Crippen molar-refractivity contribution in [2.24, 2.45) is 29.6 Å². The van der Waals surface area contributed by atoms with E-state index in [1.807, 2.05) is 0 Å². The van der Waals surface area contributed by atoms with Crippen LogP contribution in [0.5, 0.6) is 0 Å². The van der Waals surface area contributed by atoms with Gasteiger partial charge in [0.15, 0.2) is 0 Å². The lowest BCUT2D eigenvalue weighted by molar-refractivity contribution is -0.148. The fraction of sp³-hybridized carbons (Fsp3) is 0.692. The van der Waals surface area contributed by atoms with Gasteiger partial charge in [0.25, 0.3) is 0 Å². The Morgan fingerprint density at radius 2 is 2.25 bits per heavy atom. The minimum absolute atomic E-state index is 0.0403. The van der Waals surface area contributed by atoms with Crippen molar-refractivity contribution < 1.29 is 14.3 Å². The maximum absolute atomic E-state index is 11.9. The third-order valence-corrected chi connectivity index (χ3v) is 4.63. The minimum Gasteiger partial charge on any atom is -0.469 e. The minimum atomic E-state index is -0.110. The van der Waals surface area contributed by atoms with Crippen molar-refractivity contribution >= 4 is 11.8 Å². The van der Waals surface area contributed by atoms with Crippen molar-refractivity contribution in [2.75, 3.05) is 7.11 Å². The molecule has 3 nitrogen and oxygen atoms in total. The predicted octanol–water partition coefficient (Wildman–Crippen LogP) is 1.58. The average Bonchev–Trinajstić information content (AvgIpc) is 2.90. The Morgan fingerprint density at radius 3 is 3.00 bits per heavy atom. The van der Waals surface area contributed by atoms with Crippen molar-refractivity contribution in [1.82, 2.24) is 0 Å². The molecule has 3 heteroatoms. The highest BCUT2D eigenvalue weighted by Gasteiger charge is 2.58. The van der Waals surface area contributed by atoms with Crippen LogP contribution in [0.4, 0.5) is 0 Å². The first-order valence-electron chi connectivity index (χ1n) is 6.01. The molecule has 2 saturated carbocycles. The van der Waals surface area contributed by atoms with Gasteiger partial charge >= 0.3 is 5.97 Å². The molecule has 0 N–H and O–H groups in total. The standard InChI is InChI=1S/C13H16O3/c1-16-13(15)12-8-4-2-3-7(8)11-9(12)5-6-10(11)14/h2-3,7-9,11-12H,4-6H2,1H3/t7-,8+,9?,11?,12?/m0/s1. The molecule has 3 unspecified atom stereocenters. The molecule has 0 spiro atoms. The quantitative estimate of drug-likeness (QED) is 0.497. The first-order valence-corrected chi connectivity index (χ1v) is 6.01. The SMILES string of the molecule is COC(=O)C1C2CCC(=O)C2[C@H]2C=CC[C@@H]12. The molecule has 86 valence electrons. The Balaban J connectivity index is 1.95. The lowest BCUT2D eigenvalue weighted by atomic mass is 9.86. The van der Waals surface area contributed by atoms with Gasteiger partial charge in [0.05, 0.1) is 13.0 Å². The van der Waals surface area contributed by atoms with Gasteiger partial charge in [-0.3, -0.25) is 9.59 Å². The van der Waals surface area contributed by atoms with Crippen LogP contribution in [-0.2, 0) is 14.3 Å². The first-order chi connectivity index (χ1) is 7.74. The van der Waals surface area contributed by atoms with E-state index in [9.17, 15) is 9.59 Å². The van der Waals surface area contributed by atoms with E-state index in [-0.39, 0.29) is 23.7 Å². The van der Waals surface area contributed by atoms with Crippen LogP contribution < -0.4 is 0 Å². The van der Waals surface area contributed by atoms with Gasteiger partial charge in [0, 0.05) is 12.3 Å². The Morgan fingerprint density at radius 1 is 1.44 bits per heavy atom. The highest BCUT2D eigenvalue weighted by Crippen LogP contribution is 2.56. The maximum Gasteiger partial charge on any atom is 0.309 e. The molecular weight excluding hydrogens is 204 g/mol. The Bertz CT molecular complexity index is 371. The molecule has 0 aliphatic heterocycles. The molecule has 0 saturated heterocycles. The zero-order valence-electron chi connectivity index (χ0n) is 9.39. The summed E-state index contributed by atoms with van der Waals surface area (Å²) in [5, 5.41) is 0. The van der Waals surface area contributed by atoms with E-state index in [1.165, 1.54) is 7.11 Å². The monoisotopic (exact) mass is 220 g/mol. The molecule has 2 fully saturated rings. The van der Waals surface area contributed by atoms with Crippen LogP contribution in [0.1, 0.15) is 19.3 Å².